The molecule has 0 fully saturated rings. The Morgan fingerprint density at radius 2 is 2.24 bits per heavy atom. The van der Waals surface area contributed by atoms with Crippen LogP contribution >= 0.6 is 0 Å². The van der Waals surface area contributed by atoms with Crippen LogP contribution in [0.3, 0.4) is 0 Å². The summed E-state index contributed by atoms with van der Waals surface area (Å²) < 4.78 is 5.32. The first-order valence-corrected chi connectivity index (χ1v) is 6.87. The van der Waals surface area contributed by atoms with E-state index in [0.29, 0.717) is 24.3 Å². The van der Waals surface area contributed by atoms with Crippen LogP contribution in [-0.4, -0.2) is 22.3 Å². The molecule has 2 heterocycles. The molecule has 2 aromatic heterocycles. The number of benzene rings is 1. The quantitative estimate of drug-likeness (QED) is 0.723. The maximum atomic E-state index is 12.7. The highest BCUT2D eigenvalue weighted by molar-refractivity contribution is 6.07. The highest BCUT2D eigenvalue weighted by Gasteiger charge is 2.19. The highest BCUT2D eigenvalue weighted by atomic mass is 16.3. The normalized spacial score (nSPS) is 10.9. The number of nitrogens with zero attached hydrogens (tertiary/aromatic N) is 1. The minimum absolute atomic E-state index is 0.0232. The van der Waals surface area contributed by atoms with Gasteiger partial charge in [0.1, 0.15) is 5.76 Å². The number of furan rings is 1. The number of aromatic amines is 1. The molecule has 0 atom stereocenters. The molecule has 0 aliphatic carbocycles. The van der Waals surface area contributed by atoms with Crippen molar-refractivity contribution in [1.29, 1.82) is 0 Å². The fourth-order valence-corrected chi connectivity index (χ4v) is 2.41. The lowest BCUT2D eigenvalue weighted by Crippen LogP contribution is -2.30. The van der Waals surface area contributed by atoms with E-state index in [1.54, 1.807) is 23.4 Å². The van der Waals surface area contributed by atoms with Gasteiger partial charge < -0.3 is 20.0 Å². The summed E-state index contributed by atoms with van der Waals surface area (Å²) in [5.41, 5.74) is 7.95. The lowest BCUT2D eigenvalue weighted by molar-refractivity contribution is 0.0743. The molecular formula is C16H17N3O2. The molecule has 108 valence electrons. The number of anilines is 1. The van der Waals surface area contributed by atoms with Crippen molar-refractivity contribution in [2.75, 3.05) is 12.3 Å². The lowest BCUT2D eigenvalue weighted by Gasteiger charge is -2.19. The fourth-order valence-electron chi connectivity index (χ4n) is 2.41. The fraction of sp³-hybridized carbons (Fsp3) is 0.188. The number of carbonyl (C=O) groups is 1. The smallest absolute Gasteiger partial charge is 0.256 e. The molecule has 0 radical (unpaired) electrons. The molecular weight excluding hydrogens is 266 g/mol. The number of nitrogens with two attached hydrogens (primary N) is 1. The molecule has 5 nitrogen and oxygen atoms in total. The first-order valence-electron chi connectivity index (χ1n) is 6.87. The van der Waals surface area contributed by atoms with Gasteiger partial charge in [0.15, 0.2) is 0 Å². The zero-order valence-electron chi connectivity index (χ0n) is 11.8. The number of carbonyl (C=O) groups excluding carboxylic acids is 1. The zero-order chi connectivity index (χ0) is 14.8. The van der Waals surface area contributed by atoms with E-state index in [4.69, 9.17) is 10.2 Å². The van der Waals surface area contributed by atoms with Gasteiger partial charge in [-0.1, -0.05) is 0 Å². The minimum Gasteiger partial charge on any atom is -0.467 e. The predicted octanol–water partition coefficient (Wildman–Crippen LogP) is 3.01. The number of rotatable bonds is 4. The van der Waals surface area contributed by atoms with Crippen molar-refractivity contribution in [3.63, 3.8) is 0 Å². The standard InChI is InChI=1S/C16H17N3O2/c1-2-19(10-12-4-3-7-21-12)16(20)14-9-18-15-8-11(17)5-6-13(14)15/h3-9,18H,2,10,17H2,1H3. The van der Waals surface area contributed by atoms with Crippen molar-refractivity contribution < 1.29 is 9.21 Å². The molecule has 0 spiro atoms. The summed E-state index contributed by atoms with van der Waals surface area (Å²) in [4.78, 5) is 17.5. The van der Waals surface area contributed by atoms with E-state index in [2.05, 4.69) is 4.98 Å². The lowest BCUT2D eigenvalue weighted by atomic mass is 10.1. The molecule has 3 rings (SSSR count). The summed E-state index contributed by atoms with van der Waals surface area (Å²) in [6.45, 7) is 3.03. The Balaban J connectivity index is 1.91. The van der Waals surface area contributed by atoms with Gasteiger partial charge in [0, 0.05) is 29.3 Å². The number of hydrogen-bond acceptors (Lipinski definition) is 3. The van der Waals surface area contributed by atoms with Crippen LogP contribution in [0, 0.1) is 0 Å². The Morgan fingerprint density at radius 1 is 1.38 bits per heavy atom. The Kier molecular flexibility index (Phi) is 3.39. The number of amides is 1. The molecule has 0 unspecified atom stereocenters. The SMILES string of the molecule is CCN(Cc1ccco1)C(=O)c1c[nH]c2cc(N)ccc12. The van der Waals surface area contributed by atoms with Crippen LogP contribution in [0.15, 0.2) is 47.2 Å². The summed E-state index contributed by atoms with van der Waals surface area (Å²) >= 11 is 0. The molecule has 1 amide bonds. The molecule has 3 N–H and O–H groups in total. The highest BCUT2D eigenvalue weighted by Crippen LogP contribution is 2.22. The third-order valence-electron chi connectivity index (χ3n) is 3.53. The molecule has 3 aromatic rings. The van der Waals surface area contributed by atoms with Crippen molar-refractivity contribution in [3.05, 3.63) is 54.1 Å². The van der Waals surface area contributed by atoms with E-state index >= 15 is 0 Å². The van der Waals surface area contributed by atoms with Crippen molar-refractivity contribution in [2.24, 2.45) is 0 Å². The van der Waals surface area contributed by atoms with Crippen molar-refractivity contribution in [3.8, 4) is 0 Å². The van der Waals surface area contributed by atoms with Gasteiger partial charge in [-0.05, 0) is 37.3 Å². The molecule has 0 bridgehead atoms. The second-order valence-corrected chi connectivity index (χ2v) is 4.91. The maximum Gasteiger partial charge on any atom is 0.256 e. The molecule has 1 aromatic carbocycles. The largest absolute Gasteiger partial charge is 0.467 e. The summed E-state index contributed by atoms with van der Waals surface area (Å²) in [6, 6.07) is 9.19. The molecule has 5 heteroatoms. The van der Waals surface area contributed by atoms with Gasteiger partial charge in [-0.2, -0.15) is 0 Å². The van der Waals surface area contributed by atoms with Gasteiger partial charge in [-0.15, -0.1) is 0 Å². The number of aromatic nitrogens is 1. The van der Waals surface area contributed by atoms with Gasteiger partial charge in [-0.3, -0.25) is 4.79 Å². The van der Waals surface area contributed by atoms with Gasteiger partial charge in [-0.25, -0.2) is 0 Å². The number of nitrogen functional groups attached to an aromatic ring is 1. The van der Waals surface area contributed by atoms with E-state index in [-0.39, 0.29) is 5.91 Å². The van der Waals surface area contributed by atoms with Crippen LogP contribution in [0.2, 0.25) is 0 Å². The van der Waals surface area contributed by atoms with Crippen LogP contribution < -0.4 is 5.73 Å². The second kappa shape index (κ2) is 5.36. The summed E-state index contributed by atoms with van der Waals surface area (Å²) in [5.74, 6) is 0.749. The van der Waals surface area contributed by atoms with Crippen molar-refractivity contribution in [2.45, 2.75) is 13.5 Å². The van der Waals surface area contributed by atoms with Gasteiger partial charge in [0.25, 0.3) is 5.91 Å². The Morgan fingerprint density at radius 3 is 2.95 bits per heavy atom. The average molecular weight is 283 g/mol. The average Bonchev–Trinajstić information content (AvgIpc) is 3.12. The molecule has 0 aliphatic rings. The summed E-state index contributed by atoms with van der Waals surface area (Å²) in [7, 11) is 0. The number of H-pyrrole nitrogens is 1. The number of hydrogen-bond donors (Lipinski definition) is 2. The number of nitrogens with one attached hydrogen (secondary N) is 1. The van der Waals surface area contributed by atoms with Gasteiger partial charge >= 0.3 is 0 Å². The van der Waals surface area contributed by atoms with Gasteiger partial charge in [0.2, 0.25) is 0 Å². The zero-order valence-corrected chi connectivity index (χ0v) is 11.8. The maximum absolute atomic E-state index is 12.7. The minimum atomic E-state index is -0.0232. The van der Waals surface area contributed by atoms with Crippen LogP contribution in [0.1, 0.15) is 23.0 Å². The third-order valence-corrected chi connectivity index (χ3v) is 3.53. The Bertz CT molecular complexity index is 759. The van der Waals surface area contributed by atoms with E-state index in [1.807, 2.05) is 31.2 Å². The predicted molar refractivity (Wildman–Crippen MR) is 81.8 cm³/mol. The second-order valence-electron chi connectivity index (χ2n) is 4.91. The summed E-state index contributed by atoms with van der Waals surface area (Å²) in [6.07, 6.45) is 3.35. The topological polar surface area (TPSA) is 75.3 Å². The van der Waals surface area contributed by atoms with Crippen LogP contribution in [0.5, 0.6) is 0 Å². The van der Waals surface area contributed by atoms with E-state index in [9.17, 15) is 4.79 Å². The van der Waals surface area contributed by atoms with Crippen LogP contribution in [0.25, 0.3) is 10.9 Å². The van der Waals surface area contributed by atoms with Crippen molar-refractivity contribution >= 4 is 22.5 Å². The van der Waals surface area contributed by atoms with Crippen LogP contribution in [0.4, 0.5) is 5.69 Å². The van der Waals surface area contributed by atoms with E-state index in [1.165, 1.54) is 0 Å². The molecule has 21 heavy (non-hydrogen) atoms. The third kappa shape index (κ3) is 2.50. The molecule has 0 saturated carbocycles. The van der Waals surface area contributed by atoms with E-state index < -0.39 is 0 Å². The first kappa shape index (κ1) is 13.3. The first-order chi connectivity index (χ1) is 10.2. The Labute approximate surface area is 122 Å². The molecule has 0 saturated heterocycles. The monoisotopic (exact) mass is 283 g/mol. The number of fused-ring (bicyclic) bond motifs is 1. The summed E-state index contributed by atoms with van der Waals surface area (Å²) in [5, 5.41) is 0.882. The van der Waals surface area contributed by atoms with E-state index in [0.717, 1.165) is 16.7 Å². The van der Waals surface area contributed by atoms with Crippen molar-refractivity contribution in [1.82, 2.24) is 9.88 Å². The molecule has 0 aliphatic heterocycles. The Hall–Kier alpha value is -2.69. The van der Waals surface area contributed by atoms with Crippen LogP contribution in [-0.2, 0) is 6.54 Å². The van der Waals surface area contributed by atoms with Gasteiger partial charge in [0.05, 0.1) is 18.4 Å².